The Hall–Kier alpha value is -0.450. The molecule has 130 valence electrons. The highest BCUT2D eigenvalue weighted by atomic mass is 16.3. The summed E-state index contributed by atoms with van der Waals surface area (Å²) in [6.45, 7) is 1.96. The summed E-state index contributed by atoms with van der Waals surface area (Å²) in [5.74, 6) is 0.395. The van der Waals surface area contributed by atoms with Gasteiger partial charge in [0, 0.05) is 18.9 Å². The highest BCUT2D eigenvalue weighted by molar-refractivity contribution is 5.77. The van der Waals surface area contributed by atoms with Crippen LogP contribution in [0, 0.1) is 0 Å². The molecular weight excluding hydrogens is 278 g/mol. The normalized spacial score (nSPS) is 25.3. The van der Waals surface area contributed by atoms with Crippen LogP contribution < -0.4 is 5.32 Å². The van der Waals surface area contributed by atoms with E-state index in [-0.39, 0.29) is 18.8 Å². The molecular formula is C18H35NO3. The van der Waals surface area contributed by atoms with Crippen molar-refractivity contribution in [3.63, 3.8) is 0 Å². The van der Waals surface area contributed by atoms with Gasteiger partial charge in [-0.3, -0.25) is 4.79 Å². The third-order valence-corrected chi connectivity index (χ3v) is 4.82. The molecule has 3 N–H and O–H groups in total. The van der Waals surface area contributed by atoms with Crippen molar-refractivity contribution in [3.8, 4) is 0 Å². The zero-order valence-electron chi connectivity index (χ0n) is 14.2. The second-order valence-corrected chi connectivity index (χ2v) is 6.70. The summed E-state index contributed by atoms with van der Waals surface area (Å²) >= 11 is 0. The van der Waals surface area contributed by atoms with Crippen molar-refractivity contribution < 1.29 is 15.0 Å². The SMILES string of the molecule is CCC(=O)CCCCCCCCCC1CC[C@H](O)[C@@H](CO)N1. The van der Waals surface area contributed by atoms with E-state index in [4.69, 9.17) is 0 Å². The van der Waals surface area contributed by atoms with Gasteiger partial charge in [-0.25, -0.2) is 0 Å². The molecule has 1 saturated heterocycles. The van der Waals surface area contributed by atoms with Gasteiger partial charge < -0.3 is 15.5 Å². The topological polar surface area (TPSA) is 69.6 Å². The summed E-state index contributed by atoms with van der Waals surface area (Å²) in [5.41, 5.74) is 0. The second kappa shape index (κ2) is 12.0. The Morgan fingerprint density at radius 1 is 1.05 bits per heavy atom. The minimum absolute atomic E-state index is 0.0260. The molecule has 0 saturated carbocycles. The largest absolute Gasteiger partial charge is 0.395 e. The first-order chi connectivity index (χ1) is 10.7. The van der Waals surface area contributed by atoms with Crippen LogP contribution in [0.5, 0.6) is 0 Å². The van der Waals surface area contributed by atoms with Crippen molar-refractivity contribution in [2.75, 3.05) is 6.61 Å². The molecule has 4 heteroatoms. The Labute approximate surface area is 135 Å². The summed E-state index contributed by atoms with van der Waals surface area (Å²) in [5, 5.41) is 22.3. The van der Waals surface area contributed by atoms with Crippen LogP contribution in [0.15, 0.2) is 0 Å². The van der Waals surface area contributed by atoms with E-state index in [0.29, 0.717) is 18.2 Å². The molecule has 0 radical (unpaired) electrons. The number of Topliss-reactive ketones (excluding diaryl/α,β-unsaturated/α-hetero) is 1. The maximum Gasteiger partial charge on any atom is 0.132 e. The number of nitrogens with one attached hydrogen (secondary N) is 1. The molecule has 1 fully saturated rings. The number of hydrogen-bond acceptors (Lipinski definition) is 4. The molecule has 1 unspecified atom stereocenters. The van der Waals surface area contributed by atoms with E-state index in [1.807, 2.05) is 6.92 Å². The van der Waals surface area contributed by atoms with Crippen LogP contribution in [-0.2, 0) is 4.79 Å². The molecule has 0 spiro atoms. The fourth-order valence-electron chi connectivity index (χ4n) is 3.25. The van der Waals surface area contributed by atoms with E-state index >= 15 is 0 Å². The van der Waals surface area contributed by atoms with E-state index in [2.05, 4.69) is 5.32 Å². The lowest BCUT2D eigenvalue weighted by atomic mass is 9.93. The van der Waals surface area contributed by atoms with Gasteiger partial charge in [0.2, 0.25) is 0 Å². The zero-order chi connectivity index (χ0) is 16.2. The van der Waals surface area contributed by atoms with Crippen molar-refractivity contribution >= 4 is 5.78 Å². The monoisotopic (exact) mass is 313 g/mol. The Morgan fingerprint density at radius 3 is 2.32 bits per heavy atom. The second-order valence-electron chi connectivity index (χ2n) is 6.70. The molecule has 22 heavy (non-hydrogen) atoms. The molecule has 0 aromatic heterocycles. The van der Waals surface area contributed by atoms with Gasteiger partial charge in [-0.05, 0) is 25.7 Å². The first-order valence-corrected chi connectivity index (χ1v) is 9.24. The molecule has 0 amide bonds. The lowest BCUT2D eigenvalue weighted by Crippen LogP contribution is -2.52. The van der Waals surface area contributed by atoms with Crippen LogP contribution in [0.3, 0.4) is 0 Å². The molecule has 0 aromatic rings. The summed E-state index contributed by atoms with van der Waals surface area (Å²) in [7, 11) is 0. The number of carbonyl (C=O) groups excluding carboxylic acids is 1. The van der Waals surface area contributed by atoms with Crippen molar-refractivity contribution in [2.45, 2.75) is 102 Å². The van der Waals surface area contributed by atoms with Crippen molar-refractivity contribution in [2.24, 2.45) is 0 Å². The van der Waals surface area contributed by atoms with E-state index in [9.17, 15) is 15.0 Å². The number of aliphatic hydroxyl groups is 2. The van der Waals surface area contributed by atoms with Gasteiger partial charge in [-0.1, -0.05) is 45.4 Å². The van der Waals surface area contributed by atoms with Gasteiger partial charge in [-0.2, -0.15) is 0 Å². The van der Waals surface area contributed by atoms with Crippen molar-refractivity contribution in [1.82, 2.24) is 5.32 Å². The van der Waals surface area contributed by atoms with E-state index < -0.39 is 0 Å². The number of rotatable bonds is 12. The standard InChI is InChI=1S/C18H35NO3/c1-2-16(21)11-9-7-5-3-4-6-8-10-15-12-13-18(22)17(14-20)19-15/h15,17-20,22H,2-14H2,1H3/t15?,17-,18+/m1/s1. The third-order valence-electron chi connectivity index (χ3n) is 4.82. The predicted octanol–water partition coefficient (Wildman–Crippen LogP) is 2.95. The van der Waals surface area contributed by atoms with Gasteiger partial charge in [0.05, 0.1) is 18.8 Å². The Kier molecular flexibility index (Phi) is 10.7. The lowest BCUT2D eigenvalue weighted by Gasteiger charge is -2.34. The number of carbonyl (C=O) groups is 1. The molecule has 1 heterocycles. The van der Waals surface area contributed by atoms with E-state index in [1.165, 1.54) is 38.5 Å². The van der Waals surface area contributed by atoms with Crippen molar-refractivity contribution in [1.29, 1.82) is 0 Å². The predicted molar refractivity (Wildman–Crippen MR) is 89.9 cm³/mol. The summed E-state index contributed by atoms with van der Waals surface area (Å²) in [6, 6.07) is 0.324. The smallest absolute Gasteiger partial charge is 0.132 e. The maximum absolute atomic E-state index is 11.2. The van der Waals surface area contributed by atoms with Crippen LogP contribution in [0.4, 0.5) is 0 Å². The summed E-state index contributed by atoms with van der Waals surface area (Å²) < 4.78 is 0. The lowest BCUT2D eigenvalue weighted by molar-refractivity contribution is -0.118. The molecule has 0 aromatic carbocycles. The van der Waals surface area contributed by atoms with Gasteiger partial charge in [0.1, 0.15) is 5.78 Å². The first kappa shape index (κ1) is 19.6. The Bertz CT molecular complexity index is 296. The van der Waals surface area contributed by atoms with Crippen molar-refractivity contribution in [3.05, 3.63) is 0 Å². The maximum atomic E-state index is 11.2. The zero-order valence-corrected chi connectivity index (χ0v) is 14.2. The Balaban J connectivity index is 1.90. The summed E-state index contributed by atoms with van der Waals surface area (Å²) in [6.07, 6.45) is 12.6. The van der Waals surface area contributed by atoms with E-state index in [1.54, 1.807) is 0 Å². The van der Waals surface area contributed by atoms with Gasteiger partial charge >= 0.3 is 0 Å². The third kappa shape index (κ3) is 8.25. The molecule has 0 aliphatic carbocycles. The highest BCUT2D eigenvalue weighted by Crippen LogP contribution is 2.18. The average Bonchev–Trinajstić information content (AvgIpc) is 2.54. The van der Waals surface area contributed by atoms with Gasteiger partial charge in [0.25, 0.3) is 0 Å². The molecule has 1 aliphatic rings. The fourth-order valence-corrected chi connectivity index (χ4v) is 3.25. The Morgan fingerprint density at radius 2 is 1.68 bits per heavy atom. The molecule has 1 rings (SSSR count). The minimum Gasteiger partial charge on any atom is -0.395 e. The van der Waals surface area contributed by atoms with Gasteiger partial charge in [-0.15, -0.1) is 0 Å². The van der Waals surface area contributed by atoms with Gasteiger partial charge in [0.15, 0.2) is 0 Å². The van der Waals surface area contributed by atoms with Crippen LogP contribution in [-0.4, -0.2) is 40.8 Å². The molecule has 0 bridgehead atoms. The number of ketones is 1. The van der Waals surface area contributed by atoms with Crippen LogP contribution >= 0.6 is 0 Å². The summed E-state index contributed by atoms with van der Waals surface area (Å²) in [4.78, 5) is 11.2. The molecule has 3 atom stereocenters. The van der Waals surface area contributed by atoms with Crippen LogP contribution in [0.25, 0.3) is 0 Å². The number of hydrogen-bond donors (Lipinski definition) is 3. The van der Waals surface area contributed by atoms with Crippen LogP contribution in [0.2, 0.25) is 0 Å². The average molecular weight is 313 g/mol. The molecule has 1 aliphatic heterocycles. The van der Waals surface area contributed by atoms with Crippen LogP contribution in [0.1, 0.15) is 84.0 Å². The fraction of sp³-hybridized carbons (Fsp3) is 0.944. The minimum atomic E-state index is -0.388. The molecule has 4 nitrogen and oxygen atoms in total. The number of unbranched alkanes of at least 4 members (excludes halogenated alkanes) is 6. The highest BCUT2D eigenvalue weighted by Gasteiger charge is 2.27. The quantitative estimate of drug-likeness (QED) is 0.485. The number of aliphatic hydroxyl groups excluding tert-OH is 2. The number of piperidine rings is 1. The first-order valence-electron chi connectivity index (χ1n) is 9.24. The van der Waals surface area contributed by atoms with E-state index in [0.717, 1.165) is 32.1 Å².